The normalized spacial score (nSPS) is 25.5. The van der Waals surface area contributed by atoms with E-state index in [0.29, 0.717) is 12.5 Å². The molecule has 0 N–H and O–H groups in total. The first-order chi connectivity index (χ1) is 12.2. The average Bonchev–Trinajstić information content (AvgIpc) is 2.88. The number of hydrogen-bond donors (Lipinski definition) is 0. The van der Waals surface area contributed by atoms with Crippen molar-refractivity contribution in [1.82, 2.24) is 9.80 Å². The highest BCUT2D eigenvalue weighted by Gasteiger charge is 2.46. The molecule has 0 aromatic carbocycles. The fourth-order valence-electron chi connectivity index (χ4n) is 3.90. The van der Waals surface area contributed by atoms with Crippen LogP contribution in [-0.2, 0) is 9.16 Å². The second-order valence-corrected chi connectivity index (χ2v) is 15.8. The summed E-state index contributed by atoms with van der Waals surface area (Å²) in [6.07, 6.45) is 3.19. The molecule has 5 nitrogen and oxygen atoms in total. The van der Waals surface area contributed by atoms with Gasteiger partial charge in [0.2, 0.25) is 0 Å². The van der Waals surface area contributed by atoms with Gasteiger partial charge in [0, 0.05) is 21.0 Å². The smallest absolute Gasteiger partial charge is 0.410 e. The molecular formula is C21H42BN2O3Si. The Morgan fingerprint density at radius 2 is 1.57 bits per heavy atom. The molecule has 0 aliphatic carbocycles. The van der Waals surface area contributed by atoms with Gasteiger partial charge in [-0.2, -0.15) is 0 Å². The number of carbonyl (C=O) groups excluding carboxylic acids is 1. The SMILES string of the molecule is CN1CCC([C@@H]2C[C@@H](O[Si](C)(C)C(C)(C)C)CN2C(=O)OC(C)(C)C)CC1.[B]. The molecule has 1 amide bonds. The number of nitrogens with zero attached hydrogens (tertiary/aromatic N) is 2. The molecule has 7 heteroatoms. The quantitative estimate of drug-likeness (QED) is 0.650. The molecule has 0 aromatic heterocycles. The first-order valence-electron chi connectivity index (χ1n) is 10.6. The molecule has 0 aromatic rings. The van der Waals surface area contributed by atoms with Gasteiger partial charge in [0.05, 0.1) is 6.10 Å². The standard InChI is InChI=1S/C21H42N2O3Si.B/c1-20(2,3)25-19(24)23-15-17(26-27(8,9)21(4,5)6)14-18(23)16-10-12-22(7)13-11-16;/h16-18H,10-15H2,1-9H3;/t17-,18+;/m1./s1. The first-order valence-corrected chi connectivity index (χ1v) is 13.5. The van der Waals surface area contributed by atoms with Gasteiger partial charge in [0.1, 0.15) is 5.60 Å². The Hall–Kier alpha value is -0.528. The Labute approximate surface area is 176 Å². The van der Waals surface area contributed by atoms with E-state index < -0.39 is 13.9 Å². The van der Waals surface area contributed by atoms with Gasteiger partial charge >= 0.3 is 6.09 Å². The summed E-state index contributed by atoms with van der Waals surface area (Å²) in [5, 5.41) is 0.176. The average molecular weight is 409 g/mol. The number of ether oxygens (including phenoxy) is 1. The Kier molecular flexibility index (Phi) is 8.28. The summed E-state index contributed by atoms with van der Waals surface area (Å²) >= 11 is 0. The maximum absolute atomic E-state index is 12.9. The lowest BCUT2D eigenvalue weighted by atomic mass is 9.88. The van der Waals surface area contributed by atoms with E-state index in [-0.39, 0.29) is 31.7 Å². The maximum Gasteiger partial charge on any atom is 0.410 e. The summed E-state index contributed by atoms with van der Waals surface area (Å²) in [5.41, 5.74) is -0.465. The van der Waals surface area contributed by atoms with E-state index >= 15 is 0 Å². The van der Waals surface area contributed by atoms with Crippen LogP contribution in [0.2, 0.25) is 18.1 Å². The number of amides is 1. The minimum atomic E-state index is -1.86. The van der Waals surface area contributed by atoms with Crippen LogP contribution >= 0.6 is 0 Å². The molecule has 0 unspecified atom stereocenters. The topological polar surface area (TPSA) is 42.0 Å². The van der Waals surface area contributed by atoms with Crippen molar-refractivity contribution >= 4 is 22.8 Å². The predicted octanol–water partition coefficient (Wildman–Crippen LogP) is 4.35. The third-order valence-corrected chi connectivity index (χ3v) is 11.0. The molecule has 2 aliphatic rings. The van der Waals surface area contributed by atoms with Gasteiger partial charge in [-0.15, -0.1) is 0 Å². The molecule has 2 aliphatic heterocycles. The maximum atomic E-state index is 12.9. The molecule has 0 spiro atoms. The minimum absolute atomic E-state index is 0. The minimum Gasteiger partial charge on any atom is -0.444 e. The van der Waals surface area contributed by atoms with Crippen LogP contribution in [-0.4, -0.2) is 77.1 Å². The third-order valence-electron chi connectivity index (χ3n) is 6.51. The molecule has 2 fully saturated rings. The van der Waals surface area contributed by atoms with E-state index in [1.807, 2.05) is 25.7 Å². The van der Waals surface area contributed by atoms with E-state index in [2.05, 4.69) is 45.8 Å². The number of likely N-dealkylation sites (tertiary alicyclic amines) is 2. The molecule has 2 saturated heterocycles. The summed E-state index contributed by atoms with van der Waals surface area (Å²) in [6, 6.07) is 0.239. The van der Waals surface area contributed by atoms with E-state index in [1.54, 1.807) is 0 Å². The molecule has 2 atom stereocenters. The molecular weight excluding hydrogens is 367 g/mol. The number of rotatable bonds is 3. The lowest BCUT2D eigenvalue weighted by Gasteiger charge is -2.38. The summed E-state index contributed by atoms with van der Waals surface area (Å²) in [6.45, 7) is 20.1. The van der Waals surface area contributed by atoms with Crippen LogP contribution in [0.4, 0.5) is 4.79 Å². The van der Waals surface area contributed by atoms with Crippen molar-refractivity contribution in [3.05, 3.63) is 0 Å². The van der Waals surface area contributed by atoms with Crippen molar-refractivity contribution in [2.45, 2.75) is 96.7 Å². The van der Waals surface area contributed by atoms with Crippen LogP contribution in [0.15, 0.2) is 0 Å². The van der Waals surface area contributed by atoms with Crippen molar-refractivity contribution in [1.29, 1.82) is 0 Å². The monoisotopic (exact) mass is 409 g/mol. The molecule has 161 valence electrons. The zero-order valence-corrected chi connectivity index (χ0v) is 20.7. The van der Waals surface area contributed by atoms with Crippen LogP contribution < -0.4 is 0 Å². The number of carbonyl (C=O) groups is 1. The van der Waals surface area contributed by atoms with Crippen LogP contribution in [0, 0.1) is 5.92 Å². The van der Waals surface area contributed by atoms with E-state index in [1.165, 1.54) is 0 Å². The Morgan fingerprint density at radius 1 is 1.04 bits per heavy atom. The Balaban J connectivity index is 0.00000392. The molecule has 2 rings (SSSR count). The first kappa shape index (κ1) is 25.5. The third kappa shape index (κ3) is 6.49. The fraction of sp³-hybridized carbons (Fsp3) is 0.952. The summed E-state index contributed by atoms with van der Waals surface area (Å²) < 4.78 is 12.4. The van der Waals surface area contributed by atoms with E-state index in [9.17, 15) is 4.79 Å². The second kappa shape index (κ2) is 9.09. The number of hydrogen-bond acceptors (Lipinski definition) is 4. The lowest BCUT2D eigenvalue weighted by molar-refractivity contribution is 0.0131. The highest BCUT2D eigenvalue weighted by atomic mass is 28.4. The molecule has 3 radical (unpaired) electrons. The zero-order chi connectivity index (χ0) is 20.6. The van der Waals surface area contributed by atoms with E-state index in [0.717, 1.165) is 32.4 Å². The van der Waals surface area contributed by atoms with Crippen molar-refractivity contribution in [3.63, 3.8) is 0 Å². The fourth-order valence-corrected chi connectivity index (χ4v) is 5.25. The summed E-state index contributed by atoms with van der Waals surface area (Å²) in [4.78, 5) is 17.3. The molecule has 0 bridgehead atoms. The lowest BCUT2D eigenvalue weighted by Crippen LogP contribution is -2.46. The van der Waals surface area contributed by atoms with Gasteiger partial charge in [-0.1, -0.05) is 20.8 Å². The van der Waals surface area contributed by atoms with E-state index in [4.69, 9.17) is 9.16 Å². The highest BCUT2D eigenvalue weighted by molar-refractivity contribution is 6.74. The van der Waals surface area contributed by atoms with Crippen molar-refractivity contribution in [3.8, 4) is 0 Å². The van der Waals surface area contributed by atoms with Crippen LogP contribution in [0.5, 0.6) is 0 Å². The van der Waals surface area contributed by atoms with Gasteiger partial charge in [0.25, 0.3) is 0 Å². The van der Waals surface area contributed by atoms with Crippen LogP contribution in [0.25, 0.3) is 0 Å². The Bertz CT molecular complexity index is 523. The van der Waals surface area contributed by atoms with Gasteiger partial charge in [-0.05, 0) is 84.2 Å². The molecule has 28 heavy (non-hydrogen) atoms. The highest BCUT2D eigenvalue weighted by Crippen LogP contribution is 2.40. The molecule has 0 saturated carbocycles. The van der Waals surface area contributed by atoms with Crippen LogP contribution in [0.1, 0.15) is 60.8 Å². The number of piperidine rings is 1. The van der Waals surface area contributed by atoms with Gasteiger partial charge in [-0.3, -0.25) is 0 Å². The predicted molar refractivity (Wildman–Crippen MR) is 119 cm³/mol. The van der Waals surface area contributed by atoms with Crippen LogP contribution in [0.3, 0.4) is 0 Å². The summed E-state index contributed by atoms with van der Waals surface area (Å²) in [5.74, 6) is 0.543. The van der Waals surface area contributed by atoms with Crippen molar-refractivity contribution in [2.75, 3.05) is 26.7 Å². The Morgan fingerprint density at radius 3 is 2.04 bits per heavy atom. The van der Waals surface area contributed by atoms with Gasteiger partial charge < -0.3 is 19.0 Å². The van der Waals surface area contributed by atoms with Crippen molar-refractivity contribution < 1.29 is 14.0 Å². The van der Waals surface area contributed by atoms with Crippen molar-refractivity contribution in [2.24, 2.45) is 5.92 Å². The largest absolute Gasteiger partial charge is 0.444 e. The van der Waals surface area contributed by atoms with Gasteiger partial charge in [0.15, 0.2) is 8.32 Å². The molecule has 2 heterocycles. The summed E-state index contributed by atoms with van der Waals surface area (Å²) in [7, 11) is 0.322. The second-order valence-electron chi connectivity index (χ2n) is 11.1. The van der Waals surface area contributed by atoms with Gasteiger partial charge in [-0.25, -0.2) is 4.79 Å². The zero-order valence-electron chi connectivity index (χ0n) is 19.7.